The van der Waals surface area contributed by atoms with Crippen molar-refractivity contribution in [3.63, 3.8) is 0 Å². The van der Waals surface area contributed by atoms with E-state index in [4.69, 9.17) is 4.74 Å². The molecular weight excluding hydrogens is 246 g/mol. The first kappa shape index (κ1) is 15.0. The van der Waals surface area contributed by atoms with Crippen LogP contribution in [0, 0.1) is 0 Å². The van der Waals surface area contributed by atoms with E-state index in [1.54, 1.807) is 44.2 Å². The third-order valence-corrected chi connectivity index (χ3v) is 2.56. The third-order valence-electron chi connectivity index (χ3n) is 2.56. The average molecular weight is 263 g/mol. The van der Waals surface area contributed by atoms with Gasteiger partial charge in [-0.1, -0.05) is 30.3 Å². The molecule has 0 saturated carbocycles. The van der Waals surface area contributed by atoms with E-state index in [2.05, 4.69) is 4.99 Å². The van der Waals surface area contributed by atoms with E-state index in [0.717, 1.165) is 0 Å². The number of carboxylic acids is 1. The summed E-state index contributed by atoms with van der Waals surface area (Å²) in [5, 5.41) is 9.22. The zero-order chi connectivity index (χ0) is 14.3. The van der Waals surface area contributed by atoms with Crippen LogP contribution in [0.5, 0.6) is 0 Å². The van der Waals surface area contributed by atoms with Crippen molar-refractivity contribution < 1.29 is 19.4 Å². The van der Waals surface area contributed by atoms with Crippen LogP contribution >= 0.6 is 0 Å². The number of nitrogens with zero attached hydrogens (tertiary/aromatic N) is 1. The second kappa shape index (κ2) is 7.43. The summed E-state index contributed by atoms with van der Waals surface area (Å²) >= 11 is 0. The van der Waals surface area contributed by atoms with Crippen molar-refractivity contribution in [1.82, 2.24) is 0 Å². The zero-order valence-electron chi connectivity index (χ0n) is 10.9. The van der Waals surface area contributed by atoms with E-state index in [1.807, 2.05) is 0 Å². The van der Waals surface area contributed by atoms with Crippen LogP contribution in [0.15, 0.2) is 35.3 Å². The molecule has 0 aliphatic carbocycles. The first-order chi connectivity index (χ1) is 9.10. The number of benzene rings is 1. The molecular formula is C14H17NO4. The van der Waals surface area contributed by atoms with Crippen molar-refractivity contribution in [2.45, 2.75) is 26.0 Å². The van der Waals surface area contributed by atoms with Gasteiger partial charge in [-0.05, 0) is 19.4 Å². The molecule has 0 heterocycles. The molecule has 0 saturated heterocycles. The molecule has 0 aliphatic rings. The van der Waals surface area contributed by atoms with Crippen molar-refractivity contribution in [2.75, 3.05) is 6.61 Å². The fourth-order valence-electron chi connectivity index (χ4n) is 1.62. The quantitative estimate of drug-likeness (QED) is 0.602. The summed E-state index contributed by atoms with van der Waals surface area (Å²) in [6, 6.07) is 7.64. The largest absolute Gasteiger partial charge is 0.479 e. The maximum absolute atomic E-state index is 11.3. The van der Waals surface area contributed by atoms with Crippen LogP contribution in [-0.4, -0.2) is 35.8 Å². The summed E-state index contributed by atoms with van der Waals surface area (Å²) in [5.74, 6) is -1.06. The fraction of sp³-hybridized carbons (Fsp3) is 0.357. The lowest BCUT2D eigenvalue weighted by Crippen LogP contribution is -2.25. The van der Waals surface area contributed by atoms with Gasteiger partial charge in [-0.15, -0.1) is 0 Å². The summed E-state index contributed by atoms with van der Waals surface area (Å²) in [6.07, 6.45) is -0.178. The zero-order valence-corrected chi connectivity index (χ0v) is 10.9. The number of carboxylic acid groups (broad SMARTS) is 1. The number of hydrogen-bond donors (Lipinski definition) is 1. The second-order valence-corrected chi connectivity index (χ2v) is 3.93. The van der Waals surface area contributed by atoms with Crippen molar-refractivity contribution in [1.29, 1.82) is 0 Å². The normalized spacial score (nSPS) is 14.7. The molecule has 102 valence electrons. The lowest BCUT2D eigenvalue weighted by Gasteiger charge is -2.13. The minimum absolute atomic E-state index is 0.355. The van der Waals surface area contributed by atoms with Gasteiger partial charge in [-0.25, -0.2) is 4.79 Å². The topological polar surface area (TPSA) is 76.0 Å². The number of carbonyl (C=O) groups excluding carboxylic acids is 1. The highest BCUT2D eigenvalue weighted by Crippen LogP contribution is 2.18. The standard InChI is InChI=1S/C14H17NO4/c1-3-19-12(9-16)10(2)15-13(14(17)18)11-7-5-4-6-8-11/h4-9,12-13H,3H2,1-2H3,(H,17,18). The highest BCUT2D eigenvalue weighted by molar-refractivity contribution is 5.99. The Labute approximate surface area is 111 Å². The molecule has 0 fully saturated rings. The molecule has 5 heteroatoms. The summed E-state index contributed by atoms with van der Waals surface area (Å²) in [4.78, 5) is 26.2. The Bertz CT molecular complexity index is 456. The van der Waals surface area contributed by atoms with Crippen molar-refractivity contribution in [3.05, 3.63) is 35.9 Å². The minimum atomic E-state index is -1.06. The number of aliphatic imine (C=N–C) groups is 1. The molecule has 19 heavy (non-hydrogen) atoms. The SMILES string of the molecule is CCOC(C=O)C(C)=NC(C(=O)O)c1ccccc1. The van der Waals surface area contributed by atoms with Crippen molar-refractivity contribution in [3.8, 4) is 0 Å². The number of carbonyl (C=O) groups is 2. The maximum atomic E-state index is 11.3. The Kier molecular flexibility index (Phi) is 5.89. The Morgan fingerprint density at radius 3 is 2.53 bits per heavy atom. The molecule has 2 unspecified atom stereocenters. The van der Waals surface area contributed by atoms with Gasteiger partial charge in [-0.3, -0.25) is 4.99 Å². The molecule has 0 bridgehead atoms. The Balaban J connectivity index is 3.01. The molecule has 1 aromatic rings. The van der Waals surface area contributed by atoms with Gasteiger partial charge in [0.05, 0.1) is 0 Å². The highest BCUT2D eigenvalue weighted by atomic mass is 16.5. The van der Waals surface area contributed by atoms with Gasteiger partial charge in [0.1, 0.15) is 6.10 Å². The monoisotopic (exact) mass is 263 g/mol. The van der Waals surface area contributed by atoms with E-state index in [0.29, 0.717) is 24.2 Å². The molecule has 2 atom stereocenters. The Morgan fingerprint density at radius 2 is 2.05 bits per heavy atom. The predicted octanol–water partition coefficient (Wildman–Crippen LogP) is 1.88. The van der Waals surface area contributed by atoms with Gasteiger partial charge in [0.2, 0.25) is 0 Å². The van der Waals surface area contributed by atoms with Gasteiger partial charge >= 0.3 is 5.97 Å². The van der Waals surface area contributed by atoms with Crippen LogP contribution in [0.4, 0.5) is 0 Å². The smallest absolute Gasteiger partial charge is 0.333 e. The number of rotatable bonds is 7. The van der Waals surface area contributed by atoms with Crippen molar-refractivity contribution >= 4 is 18.0 Å². The Hall–Kier alpha value is -2.01. The summed E-state index contributed by atoms with van der Waals surface area (Å²) in [6.45, 7) is 3.71. The summed E-state index contributed by atoms with van der Waals surface area (Å²) in [5.41, 5.74) is 0.920. The van der Waals surface area contributed by atoms with E-state index >= 15 is 0 Å². The number of aldehydes is 1. The van der Waals surface area contributed by atoms with Crippen LogP contribution in [0.1, 0.15) is 25.5 Å². The van der Waals surface area contributed by atoms with Crippen LogP contribution in [0.25, 0.3) is 0 Å². The fourth-order valence-corrected chi connectivity index (χ4v) is 1.62. The predicted molar refractivity (Wildman–Crippen MR) is 71.4 cm³/mol. The lowest BCUT2D eigenvalue weighted by molar-refractivity contribution is -0.138. The Morgan fingerprint density at radius 1 is 1.42 bits per heavy atom. The summed E-state index contributed by atoms with van der Waals surface area (Å²) in [7, 11) is 0. The van der Waals surface area contributed by atoms with Gasteiger partial charge in [-0.2, -0.15) is 0 Å². The van der Waals surface area contributed by atoms with E-state index in [1.165, 1.54) is 0 Å². The van der Waals surface area contributed by atoms with Crippen LogP contribution < -0.4 is 0 Å². The average Bonchev–Trinajstić information content (AvgIpc) is 2.42. The minimum Gasteiger partial charge on any atom is -0.479 e. The van der Waals surface area contributed by atoms with Crippen LogP contribution in [-0.2, 0) is 14.3 Å². The number of aliphatic carboxylic acids is 1. The van der Waals surface area contributed by atoms with Gasteiger partial charge in [0.25, 0.3) is 0 Å². The second-order valence-electron chi connectivity index (χ2n) is 3.93. The van der Waals surface area contributed by atoms with Gasteiger partial charge in [0.15, 0.2) is 12.3 Å². The maximum Gasteiger partial charge on any atom is 0.333 e. The molecule has 0 aliphatic heterocycles. The summed E-state index contributed by atoms with van der Waals surface area (Å²) < 4.78 is 5.18. The molecule has 1 aromatic carbocycles. The molecule has 5 nitrogen and oxygen atoms in total. The van der Waals surface area contributed by atoms with E-state index in [9.17, 15) is 14.7 Å². The van der Waals surface area contributed by atoms with Gasteiger partial charge in [0, 0.05) is 12.3 Å². The molecule has 0 radical (unpaired) electrons. The van der Waals surface area contributed by atoms with E-state index in [-0.39, 0.29) is 0 Å². The third kappa shape index (κ3) is 4.30. The van der Waals surface area contributed by atoms with Crippen LogP contribution in [0.2, 0.25) is 0 Å². The molecule has 0 spiro atoms. The highest BCUT2D eigenvalue weighted by Gasteiger charge is 2.21. The number of hydrogen-bond acceptors (Lipinski definition) is 4. The molecule has 0 amide bonds. The molecule has 1 N–H and O–H groups in total. The molecule has 1 rings (SSSR count). The molecule has 0 aromatic heterocycles. The number of ether oxygens (including phenoxy) is 1. The lowest BCUT2D eigenvalue weighted by atomic mass is 10.1. The van der Waals surface area contributed by atoms with Crippen molar-refractivity contribution in [2.24, 2.45) is 4.99 Å². The first-order valence-corrected chi connectivity index (χ1v) is 5.99. The van der Waals surface area contributed by atoms with E-state index < -0.39 is 18.1 Å². The van der Waals surface area contributed by atoms with Crippen LogP contribution in [0.3, 0.4) is 0 Å². The van der Waals surface area contributed by atoms with Gasteiger partial charge < -0.3 is 14.6 Å². The first-order valence-electron chi connectivity index (χ1n) is 5.99.